The van der Waals surface area contributed by atoms with Crippen LogP contribution in [0.3, 0.4) is 0 Å². The van der Waals surface area contributed by atoms with Gasteiger partial charge in [-0.2, -0.15) is 0 Å². The Kier molecular flexibility index (Phi) is 10.5. The smallest absolute Gasteiger partial charge is 0.410 e. The molecule has 0 aliphatic carbocycles. The zero-order valence-electron chi connectivity index (χ0n) is 23.9. The number of hydrogen-bond acceptors (Lipinski definition) is 6. The van der Waals surface area contributed by atoms with Crippen LogP contribution in [0.25, 0.3) is 0 Å². The van der Waals surface area contributed by atoms with Crippen LogP contribution in [0.15, 0.2) is 12.7 Å². The molecule has 4 atom stereocenters. The van der Waals surface area contributed by atoms with Crippen LogP contribution in [-0.4, -0.2) is 73.1 Å². The number of aliphatic hydroxyl groups is 1. The number of aliphatic hydroxyl groups excluding tert-OH is 1. The molecule has 204 valence electrons. The van der Waals surface area contributed by atoms with E-state index in [4.69, 9.17) is 13.9 Å². The molecule has 1 fully saturated rings. The van der Waals surface area contributed by atoms with Crippen LogP contribution in [0.5, 0.6) is 0 Å². The Hall–Kier alpha value is -1.58. The van der Waals surface area contributed by atoms with Gasteiger partial charge in [-0.15, -0.1) is 6.58 Å². The van der Waals surface area contributed by atoms with Gasteiger partial charge in [-0.25, -0.2) is 9.59 Å². The minimum absolute atomic E-state index is 0.0263. The van der Waals surface area contributed by atoms with Crippen LogP contribution in [0.2, 0.25) is 18.1 Å². The van der Waals surface area contributed by atoms with Crippen molar-refractivity contribution in [1.29, 1.82) is 0 Å². The number of amides is 2. The highest BCUT2D eigenvalue weighted by Gasteiger charge is 2.46. The van der Waals surface area contributed by atoms with E-state index >= 15 is 0 Å². The highest BCUT2D eigenvalue weighted by Crippen LogP contribution is 2.40. The number of nitrogens with one attached hydrogen (secondary N) is 1. The fourth-order valence-electron chi connectivity index (χ4n) is 3.79. The third kappa shape index (κ3) is 10.5. The van der Waals surface area contributed by atoms with Gasteiger partial charge in [0, 0.05) is 19.1 Å². The topological polar surface area (TPSA) is 97.3 Å². The minimum atomic E-state index is -2.08. The normalized spacial score (nSPS) is 21.3. The number of hydrogen-bond donors (Lipinski definition) is 2. The Morgan fingerprint density at radius 2 is 1.63 bits per heavy atom. The van der Waals surface area contributed by atoms with Gasteiger partial charge in [0.05, 0.1) is 12.2 Å². The van der Waals surface area contributed by atoms with Crippen molar-refractivity contribution in [3.8, 4) is 0 Å². The molecule has 1 saturated heterocycles. The molecule has 35 heavy (non-hydrogen) atoms. The highest BCUT2D eigenvalue weighted by molar-refractivity contribution is 6.74. The second kappa shape index (κ2) is 11.6. The van der Waals surface area contributed by atoms with Gasteiger partial charge in [-0.05, 0) is 78.4 Å². The van der Waals surface area contributed by atoms with Crippen molar-refractivity contribution in [2.75, 3.05) is 13.1 Å². The maximum atomic E-state index is 13.2. The summed E-state index contributed by atoms with van der Waals surface area (Å²) < 4.78 is 17.8. The van der Waals surface area contributed by atoms with Crippen LogP contribution in [0, 0.1) is 5.92 Å². The molecule has 0 aromatic carbocycles. The molecular weight excluding hydrogens is 464 g/mol. The molecule has 2 unspecified atom stereocenters. The number of nitrogens with zero attached hydrogens (tertiary/aromatic N) is 1. The number of carbonyl (C=O) groups is 2. The first kappa shape index (κ1) is 31.4. The lowest BCUT2D eigenvalue weighted by atomic mass is 9.91. The molecule has 0 aromatic heterocycles. The number of alkyl carbamates (subject to hydrolysis) is 1. The molecule has 1 heterocycles. The van der Waals surface area contributed by atoms with Crippen molar-refractivity contribution >= 4 is 20.5 Å². The minimum Gasteiger partial charge on any atom is -0.444 e. The largest absolute Gasteiger partial charge is 0.444 e. The van der Waals surface area contributed by atoms with Gasteiger partial charge < -0.3 is 29.2 Å². The van der Waals surface area contributed by atoms with E-state index in [0.717, 1.165) is 0 Å². The van der Waals surface area contributed by atoms with E-state index in [1.54, 1.807) is 25.7 Å². The van der Waals surface area contributed by atoms with E-state index < -0.39 is 37.8 Å². The summed E-state index contributed by atoms with van der Waals surface area (Å²) in [5, 5.41) is 13.2. The van der Waals surface area contributed by atoms with Crippen molar-refractivity contribution in [1.82, 2.24) is 10.2 Å². The number of carbonyl (C=O) groups excluding carboxylic acids is 2. The van der Waals surface area contributed by atoms with Crippen LogP contribution in [0.1, 0.15) is 75.2 Å². The summed E-state index contributed by atoms with van der Waals surface area (Å²) in [5.41, 5.74) is -1.27. The van der Waals surface area contributed by atoms with E-state index in [2.05, 4.69) is 45.8 Å². The van der Waals surface area contributed by atoms with Crippen LogP contribution >= 0.6 is 0 Å². The van der Waals surface area contributed by atoms with Gasteiger partial charge in [0.2, 0.25) is 0 Å². The number of rotatable bonds is 8. The lowest BCUT2D eigenvalue weighted by Gasteiger charge is -2.38. The third-order valence-corrected chi connectivity index (χ3v) is 11.0. The van der Waals surface area contributed by atoms with Crippen molar-refractivity contribution in [3.63, 3.8) is 0 Å². The highest BCUT2D eigenvalue weighted by atomic mass is 28.4. The predicted molar refractivity (Wildman–Crippen MR) is 142 cm³/mol. The Morgan fingerprint density at radius 3 is 2.09 bits per heavy atom. The number of likely N-dealkylation sites (tertiary alicyclic amines) is 1. The molecule has 0 saturated carbocycles. The Morgan fingerprint density at radius 1 is 1.09 bits per heavy atom. The molecule has 0 aromatic rings. The van der Waals surface area contributed by atoms with Gasteiger partial charge in [0.1, 0.15) is 11.2 Å². The summed E-state index contributed by atoms with van der Waals surface area (Å²) >= 11 is 0. The van der Waals surface area contributed by atoms with Crippen molar-refractivity contribution in [2.24, 2.45) is 5.92 Å². The molecule has 0 bridgehead atoms. The fourth-order valence-corrected chi connectivity index (χ4v) is 5.15. The first-order chi connectivity index (χ1) is 15.6. The number of ether oxygens (including phenoxy) is 2. The maximum Gasteiger partial charge on any atom is 0.410 e. The Bertz CT molecular complexity index is 736. The van der Waals surface area contributed by atoms with Crippen molar-refractivity contribution in [3.05, 3.63) is 12.7 Å². The zero-order chi connectivity index (χ0) is 27.4. The lowest BCUT2D eigenvalue weighted by Crippen LogP contribution is -2.47. The molecule has 1 aliphatic rings. The van der Waals surface area contributed by atoms with Gasteiger partial charge >= 0.3 is 12.2 Å². The summed E-state index contributed by atoms with van der Waals surface area (Å²) in [6.07, 6.45) is 0.508. The summed E-state index contributed by atoms with van der Waals surface area (Å²) in [6, 6.07) is -0.288. The van der Waals surface area contributed by atoms with Crippen LogP contribution in [0.4, 0.5) is 9.59 Å². The molecule has 1 rings (SSSR count). The molecule has 0 spiro atoms. The molecular formula is C26H50N2O6Si. The monoisotopic (exact) mass is 514 g/mol. The quantitative estimate of drug-likeness (QED) is 0.330. The summed E-state index contributed by atoms with van der Waals surface area (Å²) in [4.78, 5) is 27.3. The maximum absolute atomic E-state index is 13.2. The van der Waals surface area contributed by atoms with E-state index in [1.165, 1.54) is 6.08 Å². The second-order valence-corrected chi connectivity index (χ2v) is 17.9. The van der Waals surface area contributed by atoms with E-state index in [0.29, 0.717) is 19.4 Å². The van der Waals surface area contributed by atoms with Crippen LogP contribution < -0.4 is 5.32 Å². The summed E-state index contributed by atoms with van der Waals surface area (Å²) in [5.74, 6) is -0.254. The Balaban J connectivity index is 3.21. The molecule has 2 amide bonds. The molecule has 0 radical (unpaired) electrons. The van der Waals surface area contributed by atoms with Gasteiger partial charge in [0.15, 0.2) is 8.32 Å². The predicted octanol–water partition coefficient (Wildman–Crippen LogP) is 5.46. The molecule has 1 aliphatic heterocycles. The van der Waals surface area contributed by atoms with Crippen LogP contribution in [-0.2, 0) is 13.9 Å². The second-order valence-electron chi connectivity index (χ2n) is 13.1. The molecule has 2 N–H and O–H groups in total. The van der Waals surface area contributed by atoms with Gasteiger partial charge in [-0.1, -0.05) is 26.8 Å². The summed E-state index contributed by atoms with van der Waals surface area (Å²) in [7, 11) is -2.08. The van der Waals surface area contributed by atoms with Gasteiger partial charge in [-0.3, -0.25) is 0 Å². The van der Waals surface area contributed by atoms with Crippen molar-refractivity contribution in [2.45, 2.75) is 123 Å². The van der Waals surface area contributed by atoms with E-state index in [1.807, 2.05) is 20.8 Å². The van der Waals surface area contributed by atoms with E-state index in [-0.39, 0.29) is 29.6 Å². The third-order valence-electron chi connectivity index (χ3n) is 6.47. The lowest BCUT2D eigenvalue weighted by molar-refractivity contribution is 0.0139. The fraction of sp³-hybridized carbons (Fsp3) is 0.846. The SMILES string of the molecule is C=CC(O)CC(CNC(=O)OC(C)(C)C)[C@@H]1C[C@@H](O[Si](C)(C)C(C)(C)C)CN1C(=O)OC(C)(C)C. The Labute approximate surface area is 213 Å². The average molecular weight is 515 g/mol. The standard InChI is InChI=1S/C26H50N2O6Si/c1-13-19(29)14-18(16-27-22(30)32-24(2,3)4)21-15-20(34-35(11,12)26(8,9)10)17-28(21)23(31)33-25(5,6)7/h13,18-21,29H,1,14-17H2,2-12H3,(H,27,30)/t18?,19?,20-,21+/m1/s1. The summed E-state index contributed by atoms with van der Waals surface area (Å²) in [6.45, 7) is 26.2. The zero-order valence-corrected chi connectivity index (χ0v) is 24.9. The molecule has 9 heteroatoms. The molecule has 8 nitrogen and oxygen atoms in total. The average Bonchev–Trinajstić information content (AvgIpc) is 3.04. The van der Waals surface area contributed by atoms with Gasteiger partial charge in [0.25, 0.3) is 0 Å². The van der Waals surface area contributed by atoms with E-state index in [9.17, 15) is 14.7 Å². The first-order valence-electron chi connectivity index (χ1n) is 12.6. The van der Waals surface area contributed by atoms with Crippen molar-refractivity contribution < 1.29 is 28.6 Å². The first-order valence-corrected chi connectivity index (χ1v) is 15.5.